The lowest BCUT2D eigenvalue weighted by atomic mass is 10.0. The zero-order chi connectivity index (χ0) is 20.4. The number of morpholine rings is 1. The smallest absolute Gasteiger partial charge is 0.379 e. The van der Waals surface area contributed by atoms with E-state index in [1.165, 1.54) is 24.3 Å². The molecule has 1 aliphatic heterocycles. The number of aromatic nitrogens is 2. The third kappa shape index (κ3) is 4.68. The monoisotopic (exact) mass is 398 g/mol. The Morgan fingerprint density at radius 3 is 2.39 bits per heavy atom. The molecular weight excluding hydrogens is 377 g/mol. The molecule has 7 nitrogen and oxygen atoms in total. The van der Waals surface area contributed by atoms with E-state index in [0.29, 0.717) is 30.9 Å². The summed E-state index contributed by atoms with van der Waals surface area (Å²) in [6.45, 7) is 7.51. The Balaban J connectivity index is 1.61. The second-order valence-corrected chi connectivity index (χ2v) is 7.09. The normalized spacial score (nSPS) is 16.2. The minimum atomic E-state index is -4.70. The molecule has 1 N–H and O–H groups in total. The molecule has 1 amide bonds. The summed E-state index contributed by atoms with van der Waals surface area (Å²) in [5.41, 5.74) is 0.489. The Bertz CT molecular complexity index is 812. The maximum Gasteiger partial charge on any atom is 0.471 e. The van der Waals surface area contributed by atoms with Crippen molar-refractivity contribution < 1.29 is 27.2 Å². The van der Waals surface area contributed by atoms with Crippen molar-refractivity contribution in [2.45, 2.75) is 25.6 Å². The van der Waals surface area contributed by atoms with Crippen LogP contribution in [0.3, 0.4) is 0 Å². The average molecular weight is 398 g/mol. The highest BCUT2D eigenvalue weighted by atomic mass is 19.4. The van der Waals surface area contributed by atoms with Gasteiger partial charge in [-0.1, -0.05) is 17.3 Å². The van der Waals surface area contributed by atoms with E-state index in [1.807, 2.05) is 0 Å². The molecule has 0 aliphatic carbocycles. The van der Waals surface area contributed by atoms with Gasteiger partial charge >= 0.3 is 12.1 Å². The van der Waals surface area contributed by atoms with Crippen molar-refractivity contribution in [1.29, 1.82) is 0 Å². The van der Waals surface area contributed by atoms with Crippen LogP contribution in [0, 0.1) is 0 Å². The van der Waals surface area contributed by atoms with Gasteiger partial charge in [0.2, 0.25) is 5.82 Å². The molecule has 0 unspecified atom stereocenters. The first-order valence-corrected chi connectivity index (χ1v) is 8.79. The van der Waals surface area contributed by atoms with Crippen LogP contribution < -0.4 is 5.32 Å². The lowest BCUT2D eigenvalue weighted by Crippen LogP contribution is -2.55. The fourth-order valence-electron chi connectivity index (χ4n) is 2.91. The van der Waals surface area contributed by atoms with Crippen molar-refractivity contribution in [1.82, 2.24) is 20.4 Å². The number of halogens is 3. The third-order valence-corrected chi connectivity index (χ3v) is 4.62. The molecule has 0 atom stereocenters. The Labute approximate surface area is 159 Å². The molecule has 0 saturated carbocycles. The highest BCUT2D eigenvalue weighted by molar-refractivity contribution is 5.94. The molecule has 0 radical (unpaired) electrons. The molecule has 1 saturated heterocycles. The van der Waals surface area contributed by atoms with Crippen LogP contribution >= 0.6 is 0 Å². The summed E-state index contributed by atoms with van der Waals surface area (Å²) < 4.78 is 47.2. The van der Waals surface area contributed by atoms with Gasteiger partial charge in [-0.25, -0.2) is 0 Å². The van der Waals surface area contributed by atoms with Gasteiger partial charge in [-0.15, -0.1) is 0 Å². The van der Waals surface area contributed by atoms with E-state index in [2.05, 4.69) is 38.7 Å². The number of nitrogens with zero attached hydrogens (tertiary/aromatic N) is 3. The second kappa shape index (κ2) is 7.88. The van der Waals surface area contributed by atoms with Gasteiger partial charge in [-0.05, 0) is 26.0 Å². The molecule has 10 heteroatoms. The van der Waals surface area contributed by atoms with Crippen molar-refractivity contribution in [2.24, 2.45) is 0 Å². The van der Waals surface area contributed by atoms with Gasteiger partial charge in [0, 0.05) is 36.3 Å². The van der Waals surface area contributed by atoms with Gasteiger partial charge < -0.3 is 14.6 Å². The van der Waals surface area contributed by atoms with Crippen molar-refractivity contribution in [3.63, 3.8) is 0 Å². The number of hydrogen-bond acceptors (Lipinski definition) is 6. The largest absolute Gasteiger partial charge is 0.471 e. The molecule has 1 aromatic carbocycles. The molecule has 2 aromatic rings. The Morgan fingerprint density at radius 1 is 1.18 bits per heavy atom. The van der Waals surface area contributed by atoms with Gasteiger partial charge in [0.15, 0.2) is 0 Å². The van der Waals surface area contributed by atoms with Crippen LogP contribution in [-0.2, 0) is 10.9 Å². The molecule has 3 rings (SSSR count). The van der Waals surface area contributed by atoms with Gasteiger partial charge in [0.1, 0.15) is 0 Å². The van der Waals surface area contributed by atoms with Crippen LogP contribution in [0.15, 0.2) is 28.8 Å². The van der Waals surface area contributed by atoms with Crippen molar-refractivity contribution in [3.05, 3.63) is 35.7 Å². The van der Waals surface area contributed by atoms with Crippen LogP contribution in [0.5, 0.6) is 0 Å². The van der Waals surface area contributed by atoms with E-state index in [-0.39, 0.29) is 17.3 Å². The molecule has 1 aliphatic rings. The fourth-order valence-corrected chi connectivity index (χ4v) is 2.91. The first-order valence-electron chi connectivity index (χ1n) is 8.79. The predicted octanol–water partition coefficient (Wildman–Crippen LogP) is 2.60. The minimum Gasteiger partial charge on any atom is -0.379 e. The lowest BCUT2D eigenvalue weighted by molar-refractivity contribution is -0.159. The zero-order valence-electron chi connectivity index (χ0n) is 15.5. The molecule has 1 aromatic heterocycles. The summed E-state index contributed by atoms with van der Waals surface area (Å²) in [5, 5.41) is 6.23. The molecule has 1 fully saturated rings. The number of carbonyl (C=O) groups excluding carboxylic acids is 1. The summed E-state index contributed by atoms with van der Waals surface area (Å²) in [6, 6.07) is 5.98. The number of alkyl halides is 3. The Morgan fingerprint density at radius 2 is 1.82 bits per heavy atom. The number of hydrogen-bond donors (Lipinski definition) is 1. The van der Waals surface area contributed by atoms with Crippen LogP contribution in [0.25, 0.3) is 11.4 Å². The zero-order valence-corrected chi connectivity index (χ0v) is 15.5. The van der Waals surface area contributed by atoms with Crippen molar-refractivity contribution in [2.75, 3.05) is 32.8 Å². The molecule has 0 bridgehead atoms. The van der Waals surface area contributed by atoms with E-state index in [0.717, 1.165) is 13.1 Å². The van der Waals surface area contributed by atoms with Crippen molar-refractivity contribution >= 4 is 5.91 Å². The first kappa shape index (κ1) is 20.3. The number of amides is 1. The van der Waals surface area contributed by atoms with Crippen LogP contribution in [0.2, 0.25) is 0 Å². The van der Waals surface area contributed by atoms with E-state index in [1.54, 1.807) is 0 Å². The molecule has 28 heavy (non-hydrogen) atoms. The number of nitrogens with one attached hydrogen (secondary N) is 1. The third-order valence-electron chi connectivity index (χ3n) is 4.62. The number of benzene rings is 1. The topological polar surface area (TPSA) is 80.5 Å². The van der Waals surface area contributed by atoms with Gasteiger partial charge in [-0.2, -0.15) is 18.2 Å². The van der Waals surface area contributed by atoms with E-state index >= 15 is 0 Å². The quantitative estimate of drug-likeness (QED) is 0.834. The predicted molar refractivity (Wildman–Crippen MR) is 93.5 cm³/mol. The van der Waals surface area contributed by atoms with E-state index in [9.17, 15) is 18.0 Å². The Hall–Kier alpha value is -2.46. The molecule has 2 heterocycles. The maximum absolute atomic E-state index is 12.5. The Kier molecular flexibility index (Phi) is 5.71. The second-order valence-electron chi connectivity index (χ2n) is 7.09. The number of rotatable bonds is 5. The summed E-state index contributed by atoms with van der Waals surface area (Å²) in [7, 11) is 0. The summed E-state index contributed by atoms with van der Waals surface area (Å²) in [6.07, 6.45) is -4.70. The number of ether oxygens (including phenoxy) is 1. The van der Waals surface area contributed by atoms with Crippen LogP contribution in [0.1, 0.15) is 30.1 Å². The van der Waals surface area contributed by atoms with Gasteiger partial charge in [-0.3, -0.25) is 9.69 Å². The summed E-state index contributed by atoms with van der Waals surface area (Å²) >= 11 is 0. The average Bonchev–Trinajstić information content (AvgIpc) is 3.18. The molecule has 152 valence electrons. The fraction of sp³-hybridized carbons (Fsp3) is 0.500. The first-order chi connectivity index (χ1) is 13.2. The standard InChI is InChI=1S/C18H21F3N4O3/c1-17(2,25-7-9-27-10-8-25)11-22-15(26)13-5-3-12(4-6-13)14-23-16(28-24-14)18(19,20)21/h3-6H,7-11H2,1-2H3,(H,22,26). The van der Waals surface area contributed by atoms with E-state index in [4.69, 9.17) is 4.74 Å². The van der Waals surface area contributed by atoms with E-state index < -0.39 is 12.1 Å². The molecular formula is C18H21F3N4O3. The lowest BCUT2D eigenvalue weighted by Gasteiger charge is -2.40. The highest BCUT2D eigenvalue weighted by Crippen LogP contribution is 2.29. The van der Waals surface area contributed by atoms with Crippen LogP contribution in [0.4, 0.5) is 13.2 Å². The molecule has 0 spiro atoms. The summed E-state index contributed by atoms with van der Waals surface area (Å²) in [4.78, 5) is 18.0. The minimum absolute atomic E-state index is 0.187. The highest BCUT2D eigenvalue weighted by Gasteiger charge is 2.38. The number of carbonyl (C=O) groups is 1. The maximum atomic E-state index is 12.5. The SMILES string of the molecule is CC(C)(CNC(=O)c1ccc(-c2noc(C(F)(F)F)n2)cc1)N1CCOCC1. The summed E-state index contributed by atoms with van der Waals surface area (Å²) in [5.74, 6) is -1.86. The van der Waals surface area contributed by atoms with Crippen LogP contribution in [-0.4, -0.2) is 59.3 Å². The van der Waals surface area contributed by atoms with Crippen molar-refractivity contribution in [3.8, 4) is 11.4 Å². The van der Waals surface area contributed by atoms with Gasteiger partial charge in [0.05, 0.1) is 13.2 Å². The van der Waals surface area contributed by atoms with Gasteiger partial charge in [0.25, 0.3) is 5.91 Å².